The van der Waals surface area contributed by atoms with E-state index in [9.17, 15) is 0 Å². The van der Waals surface area contributed by atoms with Crippen molar-refractivity contribution in [1.82, 2.24) is 9.97 Å². The second-order valence-electron chi connectivity index (χ2n) is 4.60. The van der Waals surface area contributed by atoms with Crippen LogP contribution in [0.15, 0.2) is 5.16 Å². The van der Waals surface area contributed by atoms with E-state index in [-0.39, 0.29) is 0 Å². The molecule has 0 radical (unpaired) electrons. The molecule has 0 aromatic carbocycles. The van der Waals surface area contributed by atoms with Crippen LogP contribution in [0.5, 0.6) is 0 Å². The molecule has 1 heterocycles. The van der Waals surface area contributed by atoms with Gasteiger partial charge in [-0.15, -0.1) is 0 Å². The van der Waals surface area contributed by atoms with Gasteiger partial charge in [0.1, 0.15) is 17.5 Å². The molecule has 1 saturated carbocycles. The Kier molecular flexibility index (Phi) is 4.43. The smallest absolute Gasteiger partial charge is 0.190 e. The molecule has 1 aliphatic carbocycles. The first-order chi connectivity index (χ1) is 8.74. The maximum absolute atomic E-state index is 9.08. The zero-order chi connectivity index (χ0) is 13.0. The fourth-order valence-corrected chi connectivity index (χ4v) is 3.43. The van der Waals surface area contributed by atoms with Crippen molar-refractivity contribution >= 4 is 17.6 Å². The Balaban J connectivity index is 2.23. The molecule has 1 aromatic heterocycles. The third kappa shape index (κ3) is 2.94. The van der Waals surface area contributed by atoms with E-state index in [1.54, 1.807) is 11.8 Å². The van der Waals surface area contributed by atoms with Gasteiger partial charge in [0, 0.05) is 5.25 Å². The van der Waals surface area contributed by atoms with Crippen molar-refractivity contribution in [3.05, 3.63) is 11.3 Å². The summed E-state index contributed by atoms with van der Waals surface area (Å²) in [6.45, 7) is 2.07. The lowest BCUT2D eigenvalue weighted by atomic mass is 10.1. The molecule has 0 aliphatic heterocycles. The topological polar surface area (TPSA) is 75.6 Å². The van der Waals surface area contributed by atoms with Crippen LogP contribution in [-0.2, 0) is 6.42 Å². The highest BCUT2D eigenvalue weighted by Crippen LogP contribution is 2.33. The first-order valence-electron chi connectivity index (χ1n) is 6.47. The van der Waals surface area contributed by atoms with Gasteiger partial charge >= 0.3 is 0 Å². The summed E-state index contributed by atoms with van der Waals surface area (Å²) in [5, 5.41) is 10.4. The van der Waals surface area contributed by atoms with Crippen LogP contribution in [0.3, 0.4) is 0 Å². The maximum atomic E-state index is 9.08. The number of nitrogen functional groups attached to an aromatic ring is 1. The van der Waals surface area contributed by atoms with Gasteiger partial charge in [0.05, 0.1) is 5.69 Å². The standard InChI is InChI=1S/C13H18N4S/c1-2-5-11-10(8-14)12(15)17-13(16-11)18-9-6-3-4-7-9/h9H,2-7H2,1H3,(H2,15,16,17). The Hall–Kier alpha value is -1.28. The number of thioether (sulfide) groups is 1. The van der Waals surface area contributed by atoms with E-state index in [0.717, 1.165) is 23.7 Å². The summed E-state index contributed by atoms with van der Waals surface area (Å²) in [6, 6.07) is 2.11. The van der Waals surface area contributed by atoms with E-state index in [1.165, 1.54) is 25.7 Å². The summed E-state index contributed by atoms with van der Waals surface area (Å²) in [6.07, 6.45) is 6.80. The van der Waals surface area contributed by atoms with Gasteiger partial charge in [-0.25, -0.2) is 9.97 Å². The molecule has 2 rings (SSSR count). The Morgan fingerprint density at radius 2 is 2.11 bits per heavy atom. The number of hydrogen-bond acceptors (Lipinski definition) is 5. The summed E-state index contributed by atoms with van der Waals surface area (Å²) in [7, 11) is 0. The Morgan fingerprint density at radius 1 is 1.39 bits per heavy atom. The van der Waals surface area contributed by atoms with E-state index >= 15 is 0 Å². The zero-order valence-electron chi connectivity index (χ0n) is 10.6. The van der Waals surface area contributed by atoms with Gasteiger partial charge < -0.3 is 5.73 Å². The van der Waals surface area contributed by atoms with Crippen LogP contribution < -0.4 is 5.73 Å². The average Bonchev–Trinajstić information content (AvgIpc) is 2.82. The van der Waals surface area contributed by atoms with Crippen LogP contribution in [0, 0.1) is 11.3 Å². The Labute approximate surface area is 112 Å². The molecule has 1 aromatic rings. The van der Waals surface area contributed by atoms with E-state index in [0.29, 0.717) is 16.6 Å². The monoisotopic (exact) mass is 262 g/mol. The predicted octanol–water partition coefficient (Wildman–Crippen LogP) is 2.92. The van der Waals surface area contributed by atoms with Gasteiger partial charge in [-0.05, 0) is 19.3 Å². The fourth-order valence-electron chi connectivity index (χ4n) is 2.25. The lowest BCUT2D eigenvalue weighted by Gasteiger charge is -2.10. The molecule has 96 valence electrons. The van der Waals surface area contributed by atoms with Gasteiger partial charge in [0.15, 0.2) is 5.16 Å². The molecular weight excluding hydrogens is 244 g/mol. The number of nitriles is 1. The molecule has 18 heavy (non-hydrogen) atoms. The summed E-state index contributed by atoms with van der Waals surface area (Å²) < 4.78 is 0. The quantitative estimate of drug-likeness (QED) is 0.844. The Bertz CT molecular complexity index is 461. The normalized spacial score (nSPS) is 15.8. The van der Waals surface area contributed by atoms with Crippen LogP contribution in [0.25, 0.3) is 0 Å². The molecule has 5 heteroatoms. The largest absolute Gasteiger partial charge is 0.382 e. The van der Waals surface area contributed by atoms with Gasteiger partial charge in [-0.2, -0.15) is 5.26 Å². The molecule has 1 fully saturated rings. The molecule has 4 nitrogen and oxygen atoms in total. The summed E-state index contributed by atoms with van der Waals surface area (Å²) in [5.74, 6) is 0.330. The summed E-state index contributed by atoms with van der Waals surface area (Å²) >= 11 is 1.71. The molecule has 2 N–H and O–H groups in total. The maximum Gasteiger partial charge on any atom is 0.190 e. The van der Waals surface area contributed by atoms with Crippen LogP contribution in [-0.4, -0.2) is 15.2 Å². The van der Waals surface area contributed by atoms with Crippen molar-refractivity contribution in [2.75, 3.05) is 5.73 Å². The van der Waals surface area contributed by atoms with Crippen molar-refractivity contribution in [1.29, 1.82) is 5.26 Å². The number of nitrogens with zero attached hydrogens (tertiary/aromatic N) is 3. The molecular formula is C13H18N4S. The molecule has 0 spiro atoms. The second kappa shape index (κ2) is 6.05. The molecule has 1 aliphatic rings. The minimum atomic E-state index is 0.330. The fraction of sp³-hybridized carbons (Fsp3) is 0.615. The minimum absolute atomic E-state index is 0.330. The first kappa shape index (κ1) is 13.2. The van der Waals surface area contributed by atoms with Crippen molar-refractivity contribution in [2.45, 2.75) is 55.9 Å². The van der Waals surface area contributed by atoms with Crippen molar-refractivity contribution in [3.63, 3.8) is 0 Å². The summed E-state index contributed by atoms with van der Waals surface area (Å²) in [4.78, 5) is 8.76. The van der Waals surface area contributed by atoms with Crippen molar-refractivity contribution in [3.8, 4) is 6.07 Å². The Morgan fingerprint density at radius 3 is 2.72 bits per heavy atom. The van der Waals surface area contributed by atoms with Crippen LogP contribution in [0.4, 0.5) is 5.82 Å². The predicted molar refractivity (Wildman–Crippen MR) is 73.3 cm³/mol. The molecule has 0 amide bonds. The van der Waals surface area contributed by atoms with Crippen LogP contribution >= 0.6 is 11.8 Å². The van der Waals surface area contributed by atoms with E-state index < -0.39 is 0 Å². The second-order valence-corrected chi connectivity index (χ2v) is 5.87. The van der Waals surface area contributed by atoms with E-state index in [1.807, 2.05) is 0 Å². The number of rotatable bonds is 4. The molecule has 0 unspecified atom stereocenters. The number of aromatic nitrogens is 2. The van der Waals surface area contributed by atoms with Crippen LogP contribution in [0.2, 0.25) is 0 Å². The van der Waals surface area contributed by atoms with Gasteiger partial charge in [-0.3, -0.25) is 0 Å². The summed E-state index contributed by atoms with van der Waals surface area (Å²) in [5.41, 5.74) is 7.10. The highest BCUT2D eigenvalue weighted by atomic mass is 32.2. The third-order valence-corrected chi connectivity index (χ3v) is 4.36. The van der Waals surface area contributed by atoms with E-state index in [4.69, 9.17) is 11.0 Å². The number of hydrogen-bond donors (Lipinski definition) is 1. The molecule has 0 atom stereocenters. The van der Waals surface area contributed by atoms with Crippen LogP contribution in [0.1, 0.15) is 50.3 Å². The highest BCUT2D eigenvalue weighted by Gasteiger charge is 2.19. The first-order valence-corrected chi connectivity index (χ1v) is 7.35. The molecule has 0 saturated heterocycles. The average molecular weight is 262 g/mol. The minimum Gasteiger partial charge on any atom is -0.382 e. The van der Waals surface area contributed by atoms with Gasteiger partial charge in [0.2, 0.25) is 0 Å². The SMILES string of the molecule is CCCc1nc(SC2CCCC2)nc(N)c1C#N. The zero-order valence-corrected chi connectivity index (χ0v) is 11.5. The van der Waals surface area contributed by atoms with Gasteiger partial charge in [0.25, 0.3) is 0 Å². The van der Waals surface area contributed by atoms with Crippen molar-refractivity contribution in [2.24, 2.45) is 0 Å². The number of anilines is 1. The van der Waals surface area contributed by atoms with E-state index in [2.05, 4.69) is 23.0 Å². The lowest BCUT2D eigenvalue weighted by molar-refractivity contribution is 0.818. The van der Waals surface area contributed by atoms with Gasteiger partial charge in [-0.1, -0.05) is 37.9 Å². The number of nitrogens with two attached hydrogens (primary N) is 1. The van der Waals surface area contributed by atoms with Crippen molar-refractivity contribution < 1.29 is 0 Å². The highest BCUT2D eigenvalue weighted by molar-refractivity contribution is 7.99. The number of aryl methyl sites for hydroxylation is 1. The molecule has 0 bridgehead atoms. The lowest BCUT2D eigenvalue weighted by Crippen LogP contribution is -2.06. The third-order valence-electron chi connectivity index (χ3n) is 3.16.